The molecule has 0 saturated heterocycles. The van der Waals surface area contributed by atoms with Crippen molar-refractivity contribution in [1.29, 1.82) is 0 Å². The van der Waals surface area contributed by atoms with Gasteiger partial charge in [0.05, 0.1) is 22.6 Å². The molecule has 6 nitrogen and oxygen atoms in total. The van der Waals surface area contributed by atoms with E-state index in [1.807, 2.05) is 35.7 Å². The number of benzene rings is 3. The Morgan fingerprint density at radius 2 is 1.67 bits per heavy atom. The maximum Gasteiger partial charge on any atom is 0.416 e. The summed E-state index contributed by atoms with van der Waals surface area (Å²) in [5, 5.41) is 13.3. The zero-order valence-corrected chi connectivity index (χ0v) is 20.6. The van der Waals surface area contributed by atoms with Crippen LogP contribution in [0.5, 0.6) is 0 Å². The number of thiazole rings is 1. The van der Waals surface area contributed by atoms with Gasteiger partial charge in [0.2, 0.25) is 5.13 Å². The van der Waals surface area contributed by atoms with E-state index in [1.54, 1.807) is 24.3 Å². The molecule has 5 aromatic rings. The molecule has 36 heavy (non-hydrogen) atoms. The Hall–Kier alpha value is -3.83. The Kier molecular flexibility index (Phi) is 6.42. The molecule has 2 aromatic heterocycles. The van der Waals surface area contributed by atoms with Crippen molar-refractivity contribution in [1.82, 2.24) is 14.8 Å². The summed E-state index contributed by atoms with van der Waals surface area (Å²) in [5.74, 6) is 0. The smallest absolute Gasteiger partial charge is 0.286 e. The van der Waals surface area contributed by atoms with E-state index in [-0.39, 0.29) is 11.4 Å². The average Bonchev–Trinajstić information content (AvgIpc) is 3.48. The van der Waals surface area contributed by atoms with Crippen LogP contribution in [0.25, 0.3) is 27.6 Å². The second-order valence-electron chi connectivity index (χ2n) is 7.61. The second-order valence-corrected chi connectivity index (χ2v) is 9.36. The Morgan fingerprint density at radius 1 is 0.917 bits per heavy atom. The van der Waals surface area contributed by atoms with Gasteiger partial charge in [0.25, 0.3) is 0 Å². The molecule has 0 spiro atoms. The van der Waals surface area contributed by atoms with Crippen molar-refractivity contribution in [3.05, 3.63) is 105 Å². The van der Waals surface area contributed by atoms with Crippen LogP contribution >= 0.6 is 27.3 Å². The summed E-state index contributed by atoms with van der Waals surface area (Å²) in [6.07, 6.45) is -4.51. The largest absolute Gasteiger partial charge is 0.416 e. The molecule has 0 saturated carbocycles. The highest BCUT2D eigenvalue weighted by Gasteiger charge is 2.30. The molecule has 0 aliphatic rings. The van der Waals surface area contributed by atoms with Crippen molar-refractivity contribution >= 4 is 38.6 Å². The standard InChI is InChI=1S/C25H15BrF3N5OS/c26-18-11-9-15(10-12-18)20-14-36-24(30-20)34-23(35)22(21(33-34)16-5-2-1-3-6-16)32-31-19-8-4-7-17(13-19)25(27,28)29/h1-14,33H. The Bertz CT molecular complexity index is 1610. The van der Waals surface area contributed by atoms with Gasteiger partial charge in [-0.25, -0.2) is 4.98 Å². The maximum absolute atomic E-state index is 13.4. The summed E-state index contributed by atoms with van der Waals surface area (Å²) in [6, 6.07) is 21.1. The molecule has 5 rings (SSSR count). The average molecular weight is 570 g/mol. The van der Waals surface area contributed by atoms with Crippen LogP contribution in [0.15, 0.2) is 104 Å². The van der Waals surface area contributed by atoms with E-state index in [0.717, 1.165) is 22.2 Å². The minimum atomic E-state index is -4.51. The normalized spacial score (nSPS) is 11.9. The van der Waals surface area contributed by atoms with E-state index in [9.17, 15) is 18.0 Å². The Labute approximate surface area is 214 Å². The van der Waals surface area contributed by atoms with Crippen LogP contribution in [0, 0.1) is 0 Å². The van der Waals surface area contributed by atoms with Gasteiger partial charge in [0.1, 0.15) is 0 Å². The number of aromatic amines is 1. The number of hydrogen-bond acceptors (Lipinski definition) is 5. The van der Waals surface area contributed by atoms with Crippen molar-refractivity contribution in [3.63, 3.8) is 0 Å². The highest BCUT2D eigenvalue weighted by Crippen LogP contribution is 2.33. The summed E-state index contributed by atoms with van der Waals surface area (Å²) in [4.78, 5) is 17.9. The molecule has 180 valence electrons. The zero-order chi connectivity index (χ0) is 25.3. The van der Waals surface area contributed by atoms with Gasteiger partial charge < -0.3 is 0 Å². The monoisotopic (exact) mass is 569 g/mol. The fourth-order valence-electron chi connectivity index (χ4n) is 3.43. The number of rotatable bonds is 5. The molecule has 1 N–H and O–H groups in total. The zero-order valence-electron chi connectivity index (χ0n) is 18.2. The number of H-pyrrole nitrogens is 1. The van der Waals surface area contributed by atoms with Gasteiger partial charge in [0, 0.05) is 21.0 Å². The minimum Gasteiger partial charge on any atom is -0.286 e. The summed E-state index contributed by atoms with van der Waals surface area (Å²) in [5.41, 5.74) is 1.17. The van der Waals surface area contributed by atoms with Gasteiger partial charge in [-0.15, -0.1) is 16.5 Å². The molecule has 0 fully saturated rings. The van der Waals surface area contributed by atoms with Gasteiger partial charge in [-0.2, -0.15) is 23.0 Å². The summed E-state index contributed by atoms with van der Waals surface area (Å²) >= 11 is 4.67. The third-order valence-electron chi connectivity index (χ3n) is 5.19. The lowest BCUT2D eigenvalue weighted by Gasteiger charge is -2.05. The maximum atomic E-state index is 13.4. The number of hydrogen-bond donors (Lipinski definition) is 1. The van der Waals surface area contributed by atoms with Crippen molar-refractivity contribution in [2.45, 2.75) is 6.18 Å². The molecule has 0 amide bonds. The van der Waals surface area contributed by atoms with Crippen LogP contribution in [0.2, 0.25) is 0 Å². The Morgan fingerprint density at radius 3 is 2.39 bits per heavy atom. The van der Waals surface area contributed by atoms with Crippen molar-refractivity contribution in [2.24, 2.45) is 10.2 Å². The molecule has 0 aliphatic heterocycles. The molecule has 0 bridgehead atoms. The molecule has 0 radical (unpaired) electrons. The van der Waals surface area contributed by atoms with E-state index in [2.05, 4.69) is 36.2 Å². The predicted octanol–water partition coefficient (Wildman–Crippen LogP) is 8.15. The molecule has 0 unspecified atom stereocenters. The number of aromatic nitrogens is 3. The lowest BCUT2D eigenvalue weighted by atomic mass is 10.1. The van der Waals surface area contributed by atoms with Gasteiger partial charge in [0.15, 0.2) is 5.69 Å². The van der Waals surface area contributed by atoms with Crippen molar-refractivity contribution in [3.8, 4) is 27.6 Å². The van der Waals surface area contributed by atoms with Crippen LogP contribution < -0.4 is 5.56 Å². The first-order valence-electron chi connectivity index (χ1n) is 10.5. The molecule has 3 aromatic carbocycles. The van der Waals surface area contributed by atoms with Gasteiger partial charge in [-0.3, -0.25) is 9.89 Å². The number of nitrogens with zero attached hydrogens (tertiary/aromatic N) is 4. The van der Waals surface area contributed by atoms with Crippen molar-refractivity contribution in [2.75, 3.05) is 0 Å². The molecular formula is C25H15BrF3N5OS. The van der Waals surface area contributed by atoms with Gasteiger partial charge in [-0.1, -0.05) is 64.5 Å². The molecular weight excluding hydrogens is 555 g/mol. The van der Waals surface area contributed by atoms with Crippen LogP contribution in [0.1, 0.15) is 5.56 Å². The predicted molar refractivity (Wildman–Crippen MR) is 136 cm³/mol. The fraction of sp³-hybridized carbons (Fsp3) is 0.0400. The lowest BCUT2D eigenvalue weighted by Crippen LogP contribution is -2.13. The van der Waals surface area contributed by atoms with Crippen LogP contribution in [0.3, 0.4) is 0 Å². The minimum absolute atomic E-state index is 0.0252. The highest BCUT2D eigenvalue weighted by atomic mass is 79.9. The number of alkyl halides is 3. The first-order chi connectivity index (χ1) is 17.3. The first kappa shape index (κ1) is 23.9. The number of halogens is 4. The summed E-state index contributed by atoms with van der Waals surface area (Å²) < 4.78 is 41.4. The Balaban J connectivity index is 1.57. The summed E-state index contributed by atoms with van der Waals surface area (Å²) in [6.45, 7) is 0. The van der Waals surface area contributed by atoms with Crippen molar-refractivity contribution < 1.29 is 13.2 Å². The van der Waals surface area contributed by atoms with Crippen LogP contribution in [-0.4, -0.2) is 14.8 Å². The first-order valence-corrected chi connectivity index (χ1v) is 12.2. The summed E-state index contributed by atoms with van der Waals surface area (Å²) in [7, 11) is 0. The quantitative estimate of drug-likeness (QED) is 0.217. The number of azo groups is 1. The lowest BCUT2D eigenvalue weighted by molar-refractivity contribution is -0.137. The van der Waals surface area contributed by atoms with Gasteiger partial charge in [-0.05, 0) is 30.3 Å². The van der Waals surface area contributed by atoms with Crippen LogP contribution in [-0.2, 0) is 6.18 Å². The second kappa shape index (κ2) is 9.67. The molecule has 0 atom stereocenters. The van der Waals surface area contributed by atoms with E-state index < -0.39 is 17.3 Å². The van der Waals surface area contributed by atoms with E-state index in [4.69, 9.17) is 0 Å². The third-order valence-corrected chi connectivity index (χ3v) is 6.55. The van der Waals surface area contributed by atoms with Crippen LogP contribution in [0.4, 0.5) is 24.5 Å². The molecule has 2 heterocycles. The third kappa shape index (κ3) is 4.93. The SMILES string of the molecule is O=c1c(N=Nc2cccc(C(F)(F)F)c2)c(-c2ccccc2)[nH]n1-c1nc(-c2ccc(Br)cc2)cs1. The highest BCUT2D eigenvalue weighted by molar-refractivity contribution is 9.10. The molecule has 0 aliphatic carbocycles. The van der Waals surface area contributed by atoms with E-state index >= 15 is 0 Å². The topological polar surface area (TPSA) is 75.4 Å². The van der Waals surface area contributed by atoms with Gasteiger partial charge >= 0.3 is 11.7 Å². The fourth-order valence-corrected chi connectivity index (χ4v) is 4.49. The number of nitrogens with one attached hydrogen (secondary N) is 1. The molecule has 11 heteroatoms. The van der Waals surface area contributed by atoms with E-state index in [1.165, 1.54) is 28.2 Å². The van der Waals surface area contributed by atoms with E-state index in [0.29, 0.717) is 22.1 Å².